The highest BCUT2D eigenvalue weighted by molar-refractivity contribution is 9.10. The van der Waals surface area contributed by atoms with Crippen molar-refractivity contribution >= 4 is 54.5 Å². The molecule has 5 heteroatoms. The Kier molecular flexibility index (Phi) is 2.46. The molecule has 0 aliphatic heterocycles. The number of nitrogens with two attached hydrogens (primary N) is 1. The first-order valence-electron chi connectivity index (χ1n) is 4.63. The summed E-state index contributed by atoms with van der Waals surface area (Å²) in [5.41, 5.74) is 7.55. The summed E-state index contributed by atoms with van der Waals surface area (Å²) in [6.45, 7) is 0. The van der Waals surface area contributed by atoms with E-state index in [2.05, 4.69) is 26.3 Å². The molecule has 0 saturated carbocycles. The van der Waals surface area contributed by atoms with Crippen molar-refractivity contribution in [1.29, 1.82) is 0 Å². The number of fused-ring (bicyclic) bond motifs is 1. The molecule has 0 bridgehead atoms. The lowest BCUT2D eigenvalue weighted by Gasteiger charge is -1.89. The van der Waals surface area contributed by atoms with E-state index >= 15 is 0 Å². The molecule has 3 rings (SSSR count). The number of halogens is 1. The molecule has 1 aromatic carbocycles. The Morgan fingerprint density at radius 2 is 2.12 bits per heavy atom. The highest BCUT2D eigenvalue weighted by atomic mass is 79.9. The van der Waals surface area contributed by atoms with Crippen LogP contribution in [0.3, 0.4) is 0 Å². The van der Waals surface area contributed by atoms with Crippen molar-refractivity contribution in [2.24, 2.45) is 0 Å². The monoisotopic (exact) mass is 310 g/mol. The maximum atomic E-state index is 5.75. The zero-order valence-corrected chi connectivity index (χ0v) is 11.3. The van der Waals surface area contributed by atoms with Crippen LogP contribution in [-0.2, 0) is 0 Å². The highest BCUT2D eigenvalue weighted by Gasteiger charge is 2.10. The predicted molar refractivity (Wildman–Crippen MR) is 75.0 cm³/mol. The number of thiophene rings is 1. The number of nitrogen functional groups attached to an aromatic ring is 1. The van der Waals surface area contributed by atoms with E-state index in [1.54, 1.807) is 22.7 Å². The normalized spacial score (nSPS) is 11.1. The Morgan fingerprint density at radius 1 is 1.25 bits per heavy atom. The third-order valence-electron chi connectivity index (χ3n) is 2.22. The Bertz CT molecular complexity index is 657. The molecule has 2 N–H and O–H groups in total. The summed E-state index contributed by atoms with van der Waals surface area (Å²) < 4.78 is 2.24. The van der Waals surface area contributed by atoms with Gasteiger partial charge in [0.1, 0.15) is 5.01 Å². The van der Waals surface area contributed by atoms with E-state index in [-0.39, 0.29) is 0 Å². The van der Waals surface area contributed by atoms with Gasteiger partial charge >= 0.3 is 0 Å². The molecule has 0 saturated heterocycles. The maximum Gasteiger partial charge on any atom is 0.135 e. The summed E-state index contributed by atoms with van der Waals surface area (Å²) in [5, 5.41) is 3.10. The van der Waals surface area contributed by atoms with Crippen LogP contribution in [-0.4, -0.2) is 4.98 Å². The SMILES string of the molecule is Nc1ccc2nc(-c3sccc3Br)sc2c1. The molecule has 0 aliphatic carbocycles. The van der Waals surface area contributed by atoms with Gasteiger partial charge in [-0.15, -0.1) is 22.7 Å². The number of rotatable bonds is 1. The topological polar surface area (TPSA) is 38.9 Å². The van der Waals surface area contributed by atoms with Crippen molar-refractivity contribution in [1.82, 2.24) is 4.98 Å². The first-order valence-corrected chi connectivity index (χ1v) is 7.12. The van der Waals surface area contributed by atoms with Crippen molar-refractivity contribution in [2.45, 2.75) is 0 Å². The third kappa shape index (κ3) is 1.65. The Labute approximate surface area is 109 Å². The summed E-state index contributed by atoms with van der Waals surface area (Å²) in [7, 11) is 0. The average molecular weight is 311 g/mol. The van der Waals surface area contributed by atoms with Crippen LogP contribution in [0.5, 0.6) is 0 Å². The molecule has 3 aromatic rings. The van der Waals surface area contributed by atoms with Gasteiger partial charge in [-0.1, -0.05) is 0 Å². The fraction of sp³-hybridized carbons (Fsp3) is 0. The van der Waals surface area contributed by atoms with Gasteiger partial charge in [-0.05, 0) is 45.6 Å². The van der Waals surface area contributed by atoms with E-state index in [0.717, 1.165) is 25.4 Å². The van der Waals surface area contributed by atoms with Crippen LogP contribution < -0.4 is 5.73 Å². The first kappa shape index (κ1) is 10.3. The van der Waals surface area contributed by atoms with Crippen LogP contribution in [0.15, 0.2) is 34.1 Å². The van der Waals surface area contributed by atoms with Gasteiger partial charge < -0.3 is 5.73 Å². The van der Waals surface area contributed by atoms with Gasteiger partial charge in [0.05, 0.1) is 15.1 Å². The van der Waals surface area contributed by atoms with Crippen molar-refractivity contribution in [2.75, 3.05) is 5.73 Å². The number of thiazole rings is 1. The average Bonchev–Trinajstić information content (AvgIpc) is 2.82. The van der Waals surface area contributed by atoms with Crippen LogP contribution >= 0.6 is 38.6 Å². The molecule has 2 heterocycles. The summed E-state index contributed by atoms with van der Waals surface area (Å²) in [4.78, 5) is 5.78. The standard InChI is InChI=1S/C11H7BrN2S2/c12-7-3-4-15-10(7)11-14-8-2-1-6(13)5-9(8)16-11/h1-5H,13H2. The molecule has 16 heavy (non-hydrogen) atoms. The number of benzene rings is 1. The molecular weight excluding hydrogens is 304 g/mol. The van der Waals surface area contributed by atoms with E-state index in [9.17, 15) is 0 Å². The molecule has 80 valence electrons. The quantitative estimate of drug-likeness (QED) is 0.678. The van der Waals surface area contributed by atoms with Crippen molar-refractivity contribution < 1.29 is 0 Å². The fourth-order valence-electron chi connectivity index (χ4n) is 1.48. The van der Waals surface area contributed by atoms with Gasteiger partial charge in [-0.25, -0.2) is 4.98 Å². The second-order valence-electron chi connectivity index (χ2n) is 3.34. The summed E-state index contributed by atoms with van der Waals surface area (Å²) in [5.74, 6) is 0. The molecule has 0 atom stereocenters. The number of aromatic nitrogens is 1. The van der Waals surface area contributed by atoms with Gasteiger partial charge in [-0.3, -0.25) is 0 Å². The van der Waals surface area contributed by atoms with E-state index in [0.29, 0.717) is 0 Å². The van der Waals surface area contributed by atoms with Crippen LogP contribution in [0, 0.1) is 0 Å². The van der Waals surface area contributed by atoms with Crippen molar-refractivity contribution in [3.63, 3.8) is 0 Å². The van der Waals surface area contributed by atoms with Crippen LogP contribution in [0.2, 0.25) is 0 Å². The molecule has 2 nitrogen and oxygen atoms in total. The van der Waals surface area contributed by atoms with Gasteiger partial charge in [0.2, 0.25) is 0 Å². The van der Waals surface area contributed by atoms with E-state index in [4.69, 9.17) is 5.73 Å². The lowest BCUT2D eigenvalue weighted by Crippen LogP contribution is -1.81. The van der Waals surface area contributed by atoms with Gasteiger partial charge in [0, 0.05) is 10.2 Å². The zero-order valence-electron chi connectivity index (χ0n) is 8.11. The number of hydrogen-bond donors (Lipinski definition) is 1. The largest absolute Gasteiger partial charge is 0.399 e. The van der Waals surface area contributed by atoms with Gasteiger partial charge in [0.25, 0.3) is 0 Å². The highest BCUT2D eigenvalue weighted by Crippen LogP contribution is 2.38. The lowest BCUT2D eigenvalue weighted by atomic mass is 10.3. The molecular formula is C11H7BrN2S2. The minimum absolute atomic E-state index is 0.785. The Morgan fingerprint density at radius 3 is 2.88 bits per heavy atom. The molecule has 0 fully saturated rings. The number of hydrogen-bond acceptors (Lipinski definition) is 4. The third-order valence-corrected chi connectivity index (χ3v) is 5.23. The second kappa shape index (κ2) is 3.84. The lowest BCUT2D eigenvalue weighted by molar-refractivity contribution is 1.50. The molecule has 0 amide bonds. The van der Waals surface area contributed by atoms with Gasteiger partial charge in [-0.2, -0.15) is 0 Å². The van der Waals surface area contributed by atoms with Crippen molar-refractivity contribution in [3.05, 3.63) is 34.1 Å². The molecule has 2 aromatic heterocycles. The first-order chi connectivity index (χ1) is 7.74. The van der Waals surface area contributed by atoms with E-state index < -0.39 is 0 Å². The number of anilines is 1. The Balaban J connectivity index is 2.23. The zero-order chi connectivity index (χ0) is 11.1. The minimum Gasteiger partial charge on any atom is -0.399 e. The molecule has 0 spiro atoms. The van der Waals surface area contributed by atoms with Crippen LogP contribution in [0.25, 0.3) is 20.1 Å². The summed E-state index contributed by atoms with van der Waals surface area (Å²) in [6, 6.07) is 7.86. The number of nitrogens with zero attached hydrogens (tertiary/aromatic N) is 1. The molecule has 0 radical (unpaired) electrons. The molecule has 0 aliphatic rings. The van der Waals surface area contributed by atoms with Crippen LogP contribution in [0.1, 0.15) is 0 Å². The smallest absolute Gasteiger partial charge is 0.135 e. The molecule has 0 unspecified atom stereocenters. The summed E-state index contributed by atoms with van der Waals surface area (Å²) in [6.07, 6.45) is 0. The maximum absolute atomic E-state index is 5.75. The fourth-order valence-corrected chi connectivity index (χ4v) is 4.30. The summed E-state index contributed by atoms with van der Waals surface area (Å²) >= 11 is 6.89. The van der Waals surface area contributed by atoms with Crippen molar-refractivity contribution in [3.8, 4) is 9.88 Å². The minimum atomic E-state index is 0.785. The van der Waals surface area contributed by atoms with E-state index in [1.165, 1.54) is 4.88 Å². The van der Waals surface area contributed by atoms with E-state index in [1.807, 2.05) is 24.3 Å². The van der Waals surface area contributed by atoms with Crippen LogP contribution in [0.4, 0.5) is 5.69 Å². The predicted octanol–water partition coefficient (Wildman–Crippen LogP) is 4.37. The second-order valence-corrected chi connectivity index (χ2v) is 6.14. The Hall–Kier alpha value is -0.910. The van der Waals surface area contributed by atoms with Gasteiger partial charge in [0.15, 0.2) is 0 Å².